The molecule has 1 amide bonds. The van der Waals surface area contributed by atoms with Gasteiger partial charge in [0.15, 0.2) is 0 Å². The van der Waals surface area contributed by atoms with E-state index in [1.54, 1.807) is 6.07 Å². The number of hydrogen-bond acceptors (Lipinski definition) is 3. The fraction of sp³-hybridized carbons (Fsp3) is 0.0769. The maximum absolute atomic E-state index is 12.6. The zero-order valence-electron chi connectivity index (χ0n) is 9.64. The number of aromatic nitrogens is 1. The summed E-state index contributed by atoms with van der Waals surface area (Å²) >= 11 is 0. The van der Waals surface area contributed by atoms with Crippen LogP contribution in [0.2, 0.25) is 0 Å². The van der Waals surface area contributed by atoms with E-state index in [2.05, 4.69) is 10.3 Å². The summed E-state index contributed by atoms with van der Waals surface area (Å²) in [6.45, 7) is 1.81. The van der Waals surface area contributed by atoms with Gasteiger partial charge in [0.05, 0.1) is 11.8 Å². The number of carbonyl (C=O) groups is 1. The van der Waals surface area contributed by atoms with Crippen LogP contribution in [0, 0.1) is 12.7 Å². The Balaban J connectivity index is 2.19. The fourth-order valence-corrected chi connectivity index (χ4v) is 1.47. The number of anilines is 1. The van der Waals surface area contributed by atoms with Crippen LogP contribution in [-0.4, -0.2) is 16.0 Å². The van der Waals surface area contributed by atoms with Crippen LogP contribution in [0.1, 0.15) is 15.9 Å². The first kappa shape index (κ1) is 12.0. The van der Waals surface area contributed by atoms with E-state index in [0.29, 0.717) is 0 Å². The summed E-state index contributed by atoms with van der Waals surface area (Å²) < 4.78 is 12.6. The zero-order chi connectivity index (χ0) is 13.1. The molecule has 92 valence electrons. The first-order valence-corrected chi connectivity index (χ1v) is 5.29. The van der Waals surface area contributed by atoms with Crippen LogP contribution in [0.5, 0.6) is 5.75 Å². The van der Waals surface area contributed by atoms with E-state index >= 15 is 0 Å². The lowest BCUT2D eigenvalue weighted by Crippen LogP contribution is -2.13. The van der Waals surface area contributed by atoms with Crippen molar-refractivity contribution in [3.05, 3.63) is 53.5 Å². The molecule has 0 fully saturated rings. The first-order valence-electron chi connectivity index (χ1n) is 5.29. The fourth-order valence-electron chi connectivity index (χ4n) is 1.47. The van der Waals surface area contributed by atoms with Crippen molar-refractivity contribution in [2.75, 3.05) is 5.32 Å². The second-order valence-electron chi connectivity index (χ2n) is 3.84. The Kier molecular flexibility index (Phi) is 3.23. The van der Waals surface area contributed by atoms with Gasteiger partial charge in [-0.2, -0.15) is 0 Å². The van der Waals surface area contributed by atoms with Gasteiger partial charge in [-0.05, 0) is 36.8 Å². The maximum atomic E-state index is 12.6. The molecule has 1 aromatic heterocycles. The van der Waals surface area contributed by atoms with Crippen molar-refractivity contribution in [2.24, 2.45) is 0 Å². The van der Waals surface area contributed by atoms with Crippen molar-refractivity contribution in [1.29, 1.82) is 0 Å². The minimum atomic E-state index is -0.494. The number of hydrogen-bond donors (Lipinski definition) is 2. The third-order valence-electron chi connectivity index (χ3n) is 2.37. The average molecular weight is 246 g/mol. The number of amides is 1. The smallest absolute Gasteiger partial charge is 0.260 e. The molecule has 0 aliphatic rings. The third kappa shape index (κ3) is 2.63. The Morgan fingerprint density at radius 1 is 1.33 bits per heavy atom. The molecule has 0 bridgehead atoms. The van der Waals surface area contributed by atoms with Crippen molar-refractivity contribution < 1.29 is 14.3 Å². The summed E-state index contributed by atoms with van der Waals surface area (Å²) in [6, 6.07) is 7.26. The molecule has 18 heavy (non-hydrogen) atoms. The standard InChI is InChI=1S/C13H11FN2O2/c1-8-2-4-10(11(17)6-8)13(18)16-12-5-3-9(14)7-15-12/h2-7,17H,1H3,(H,15,16,18). The number of phenolic OH excluding ortho intramolecular Hbond substituents is 1. The minimum Gasteiger partial charge on any atom is -0.507 e. The molecule has 5 heteroatoms. The molecule has 2 rings (SSSR count). The van der Waals surface area contributed by atoms with Crippen LogP contribution < -0.4 is 5.32 Å². The molecular formula is C13H11FN2O2. The molecule has 0 spiro atoms. The summed E-state index contributed by atoms with van der Waals surface area (Å²) in [6.07, 6.45) is 1.00. The summed E-state index contributed by atoms with van der Waals surface area (Å²) in [4.78, 5) is 15.5. The number of pyridine rings is 1. The Morgan fingerprint density at radius 2 is 2.11 bits per heavy atom. The van der Waals surface area contributed by atoms with E-state index < -0.39 is 11.7 Å². The van der Waals surface area contributed by atoms with Crippen molar-refractivity contribution in [3.8, 4) is 5.75 Å². The van der Waals surface area contributed by atoms with Gasteiger partial charge in [0.25, 0.3) is 5.91 Å². The third-order valence-corrected chi connectivity index (χ3v) is 2.37. The number of rotatable bonds is 2. The molecule has 0 unspecified atom stereocenters. The van der Waals surface area contributed by atoms with Gasteiger partial charge in [-0.3, -0.25) is 4.79 Å². The number of aryl methyl sites for hydroxylation is 1. The number of aromatic hydroxyl groups is 1. The molecule has 0 aliphatic carbocycles. The number of carbonyl (C=O) groups excluding carboxylic acids is 1. The Hall–Kier alpha value is -2.43. The largest absolute Gasteiger partial charge is 0.507 e. The Bertz CT molecular complexity index is 582. The van der Waals surface area contributed by atoms with E-state index in [4.69, 9.17) is 0 Å². The monoisotopic (exact) mass is 246 g/mol. The van der Waals surface area contributed by atoms with Gasteiger partial charge < -0.3 is 10.4 Å². The quantitative estimate of drug-likeness (QED) is 0.855. The summed E-state index contributed by atoms with van der Waals surface area (Å²) in [7, 11) is 0. The number of nitrogens with zero attached hydrogens (tertiary/aromatic N) is 1. The number of nitrogens with one attached hydrogen (secondary N) is 1. The molecule has 1 aromatic carbocycles. The van der Waals surface area contributed by atoms with Crippen molar-refractivity contribution >= 4 is 11.7 Å². The lowest BCUT2D eigenvalue weighted by molar-refractivity contribution is 0.102. The van der Waals surface area contributed by atoms with Gasteiger partial charge >= 0.3 is 0 Å². The lowest BCUT2D eigenvalue weighted by atomic mass is 10.1. The highest BCUT2D eigenvalue weighted by molar-refractivity contribution is 6.05. The first-order chi connectivity index (χ1) is 8.56. The normalized spacial score (nSPS) is 10.1. The van der Waals surface area contributed by atoms with E-state index in [1.165, 1.54) is 24.3 Å². The van der Waals surface area contributed by atoms with Gasteiger partial charge in [-0.1, -0.05) is 6.07 Å². The highest BCUT2D eigenvalue weighted by Gasteiger charge is 2.11. The molecule has 4 nitrogen and oxygen atoms in total. The van der Waals surface area contributed by atoms with Crippen LogP contribution in [0.3, 0.4) is 0 Å². The highest BCUT2D eigenvalue weighted by Crippen LogP contribution is 2.19. The molecule has 0 atom stereocenters. The van der Waals surface area contributed by atoms with Crippen LogP contribution >= 0.6 is 0 Å². The summed E-state index contributed by atoms with van der Waals surface area (Å²) in [5.41, 5.74) is 0.996. The molecule has 0 radical (unpaired) electrons. The van der Waals surface area contributed by atoms with Gasteiger partial charge in [0, 0.05) is 0 Å². The van der Waals surface area contributed by atoms with Gasteiger partial charge in [0.2, 0.25) is 0 Å². The minimum absolute atomic E-state index is 0.102. The molecule has 0 saturated heterocycles. The average Bonchev–Trinajstić information content (AvgIpc) is 2.32. The number of halogens is 1. The van der Waals surface area contributed by atoms with Crippen molar-refractivity contribution in [2.45, 2.75) is 6.92 Å². The maximum Gasteiger partial charge on any atom is 0.260 e. The van der Waals surface area contributed by atoms with E-state index in [9.17, 15) is 14.3 Å². The Morgan fingerprint density at radius 3 is 2.72 bits per heavy atom. The van der Waals surface area contributed by atoms with Crippen LogP contribution in [0.25, 0.3) is 0 Å². The molecule has 2 aromatic rings. The zero-order valence-corrected chi connectivity index (χ0v) is 9.64. The predicted molar refractivity (Wildman–Crippen MR) is 65.0 cm³/mol. The van der Waals surface area contributed by atoms with Gasteiger partial charge in [0.1, 0.15) is 17.4 Å². The summed E-state index contributed by atoms with van der Waals surface area (Å²) in [5, 5.41) is 12.1. The molecule has 0 saturated carbocycles. The predicted octanol–water partition coefficient (Wildman–Crippen LogP) is 2.49. The van der Waals surface area contributed by atoms with Gasteiger partial charge in [-0.25, -0.2) is 9.37 Å². The topological polar surface area (TPSA) is 62.2 Å². The molecule has 1 heterocycles. The number of benzene rings is 1. The van der Waals surface area contributed by atoms with Crippen LogP contribution in [0.4, 0.5) is 10.2 Å². The van der Waals surface area contributed by atoms with E-state index in [1.807, 2.05) is 6.92 Å². The van der Waals surface area contributed by atoms with E-state index in [0.717, 1.165) is 11.8 Å². The second-order valence-corrected chi connectivity index (χ2v) is 3.84. The molecular weight excluding hydrogens is 235 g/mol. The lowest BCUT2D eigenvalue weighted by Gasteiger charge is -2.06. The van der Waals surface area contributed by atoms with Crippen molar-refractivity contribution in [3.63, 3.8) is 0 Å². The van der Waals surface area contributed by atoms with Crippen LogP contribution in [-0.2, 0) is 0 Å². The number of phenols is 1. The second kappa shape index (κ2) is 4.83. The SMILES string of the molecule is Cc1ccc(C(=O)Nc2ccc(F)cn2)c(O)c1. The summed E-state index contributed by atoms with van der Waals surface area (Å²) in [5.74, 6) is -0.853. The molecule has 2 N–H and O–H groups in total. The Labute approximate surface area is 103 Å². The van der Waals surface area contributed by atoms with Gasteiger partial charge in [-0.15, -0.1) is 0 Å². The van der Waals surface area contributed by atoms with Crippen molar-refractivity contribution in [1.82, 2.24) is 4.98 Å². The molecule has 0 aliphatic heterocycles. The highest BCUT2D eigenvalue weighted by atomic mass is 19.1. The van der Waals surface area contributed by atoms with E-state index in [-0.39, 0.29) is 17.1 Å². The van der Waals surface area contributed by atoms with Crippen LogP contribution in [0.15, 0.2) is 36.5 Å².